The lowest BCUT2D eigenvalue weighted by Crippen LogP contribution is -2.67. The van der Waals surface area contributed by atoms with E-state index in [1.54, 1.807) is 12.1 Å². The number of furan rings is 1. The number of fused-ring (bicyclic) bond motifs is 5. The molecule has 0 aliphatic heterocycles. The summed E-state index contributed by atoms with van der Waals surface area (Å²) in [6.45, 7) is 6.10. The second-order valence-electron chi connectivity index (χ2n) is 11.5. The molecule has 0 unspecified atom stereocenters. The fourth-order valence-electron chi connectivity index (χ4n) is 8.52. The molecule has 0 saturated heterocycles. The molecule has 4 aliphatic rings. The van der Waals surface area contributed by atoms with Gasteiger partial charge < -0.3 is 9.52 Å². The number of halogens is 2. The zero-order valence-electron chi connectivity index (χ0n) is 20.4. The number of rotatable bonds is 5. The first-order valence-electron chi connectivity index (χ1n) is 12.4. The van der Waals surface area contributed by atoms with Crippen LogP contribution in [0.2, 0.25) is 0 Å². The van der Waals surface area contributed by atoms with E-state index in [1.165, 1.54) is 12.5 Å². The number of ketones is 3. The van der Waals surface area contributed by atoms with Crippen molar-refractivity contribution in [3.8, 4) is 0 Å². The molecule has 35 heavy (non-hydrogen) atoms. The fraction of sp³-hybridized carbons (Fsp3) is 0.607. The minimum absolute atomic E-state index is 0.00312. The van der Waals surface area contributed by atoms with E-state index < -0.39 is 27.2 Å². The first kappa shape index (κ1) is 25.0. The summed E-state index contributed by atoms with van der Waals surface area (Å²) in [7, 11) is 0. The van der Waals surface area contributed by atoms with Gasteiger partial charge in [0.2, 0.25) is 0 Å². The molecule has 0 amide bonds. The van der Waals surface area contributed by atoms with E-state index in [0.717, 1.165) is 5.57 Å². The molecule has 7 heteroatoms. The van der Waals surface area contributed by atoms with Gasteiger partial charge >= 0.3 is 0 Å². The summed E-state index contributed by atoms with van der Waals surface area (Å²) in [5.74, 6) is -0.692. The van der Waals surface area contributed by atoms with E-state index in [9.17, 15) is 19.5 Å². The zero-order valence-corrected chi connectivity index (χ0v) is 21.9. The largest absolute Gasteiger partial charge is 0.472 e. The van der Waals surface area contributed by atoms with Gasteiger partial charge in [0.05, 0.1) is 28.7 Å². The lowest BCUT2D eigenvalue weighted by Gasteiger charge is -2.64. The Hall–Kier alpha value is -1.69. The maximum absolute atomic E-state index is 13.7. The highest BCUT2D eigenvalue weighted by Crippen LogP contribution is 2.74. The molecule has 1 heterocycles. The lowest BCUT2D eigenvalue weighted by atomic mass is 9.44. The molecule has 1 aromatic rings. The summed E-state index contributed by atoms with van der Waals surface area (Å²) in [6, 6.07) is 1.62. The minimum Gasteiger partial charge on any atom is -0.472 e. The first-order chi connectivity index (χ1) is 16.5. The Morgan fingerprint density at radius 1 is 1.26 bits per heavy atom. The Labute approximate surface area is 215 Å². The van der Waals surface area contributed by atoms with Crippen LogP contribution in [-0.2, 0) is 9.59 Å². The Morgan fingerprint density at radius 3 is 2.66 bits per heavy atom. The average molecular weight is 519 g/mol. The van der Waals surface area contributed by atoms with Crippen LogP contribution in [0.3, 0.4) is 0 Å². The van der Waals surface area contributed by atoms with Crippen molar-refractivity contribution in [1.82, 2.24) is 0 Å². The highest BCUT2D eigenvalue weighted by atomic mass is 35.5. The molecule has 0 aromatic carbocycles. The van der Waals surface area contributed by atoms with Gasteiger partial charge in [-0.3, -0.25) is 14.4 Å². The highest BCUT2D eigenvalue weighted by Gasteiger charge is 2.74. The van der Waals surface area contributed by atoms with Crippen LogP contribution < -0.4 is 0 Å². The predicted molar refractivity (Wildman–Crippen MR) is 133 cm³/mol. The van der Waals surface area contributed by atoms with Crippen molar-refractivity contribution in [1.29, 1.82) is 0 Å². The van der Waals surface area contributed by atoms with Crippen molar-refractivity contribution >= 4 is 40.6 Å². The SMILES string of the molecule is C[C@@H]1C[C@H]2[C@@H]3CC=C4CC(=O)C=C[C@]4(C)[C@@]3(Cl)[C@@H](O)C[C@]2(C)[C@@]1(CC(=O)c1ccoc1)C(=O)CCl. The Morgan fingerprint density at radius 2 is 2.00 bits per heavy atom. The standard InChI is InChI=1S/C28H32Cl2O5/c1-16-10-21-20-5-4-18-11-19(31)6-8-25(18,2)28(20,30)23(33)13-26(21,3)27(16,24(34)14-29)12-22(32)17-7-9-35-15-17/h4,6-9,15-16,20-21,23,33H,5,10-14H2,1-3H3/t16-,20+,21+,23+,25+,26+,27-,28+/m1/s1. The van der Waals surface area contributed by atoms with E-state index in [1.807, 2.05) is 19.9 Å². The third kappa shape index (κ3) is 3.07. The van der Waals surface area contributed by atoms with E-state index in [-0.39, 0.29) is 53.8 Å². The molecular formula is C28H32Cl2O5. The van der Waals surface area contributed by atoms with Crippen molar-refractivity contribution < 1.29 is 23.9 Å². The van der Waals surface area contributed by atoms with Crippen molar-refractivity contribution in [3.05, 3.63) is 48.0 Å². The van der Waals surface area contributed by atoms with Crippen molar-refractivity contribution in [2.24, 2.45) is 34.0 Å². The van der Waals surface area contributed by atoms with Crippen molar-refractivity contribution in [2.45, 2.75) is 63.9 Å². The van der Waals surface area contributed by atoms with Crippen LogP contribution in [0.25, 0.3) is 0 Å². The Bertz CT molecular complexity index is 1140. The molecule has 0 spiro atoms. The van der Waals surface area contributed by atoms with E-state index >= 15 is 0 Å². The molecular weight excluding hydrogens is 487 g/mol. The number of Topliss-reactive ketones (excluding diaryl/α,β-unsaturated/α-hetero) is 2. The second-order valence-corrected chi connectivity index (χ2v) is 12.4. The molecule has 5 rings (SSSR count). The van der Waals surface area contributed by atoms with Crippen LogP contribution in [0.15, 0.2) is 46.8 Å². The fourth-order valence-corrected chi connectivity index (χ4v) is 9.27. The summed E-state index contributed by atoms with van der Waals surface area (Å²) in [6.07, 6.45) is 9.47. The van der Waals surface area contributed by atoms with Gasteiger partial charge in [0, 0.05) is 23.7 Å². The smallest absolute Gasteiger partial charge is 0.167 e. The summed E-state index contributed by atoms with van der Waals surface area (Å²) >= 11 is 13.7. The van der Waals surface area contributed by atoms with Gasteiger partial charge in [0.1, 0.15) is 6.26 Å². The molecule has 5 nitrogen and oxygen atoms in total. The predicted octanol–water partition coefficient (Wildman–Crippen LogP) is 5.53. The van der Waals surface area contributed by atoms with Crippen LogP contribution in [0.1, 0.15) is 63.2 Å². The summed E-state index contributed by atoms with van der Waals surface area (Å²) in [5, 5.41) is 11.8. The Balaban J connectivity index is 1.62. The summed E-state index contributed by atoms with van der Waals surface area (Å²) in [5.41, 5.74) is -0.956. The molecule has 1 aromatic heterocycles. The normalized spacial score (nSPS) is 44.3. The van der Waals surface area contributed by atoms with Gasteiger partial charge in [0.25, 0.3) is 0 Å². The third-order valence-electron chi connectivity index (χ3n) is 10.4. The first-order valence-corrected chi connectivity index (χ1v) is 13.3. The molecule has 2 fully saturated rings. The molecule has 0 bridgehead atoms. The third-order valence-corrected chi connectivity index (χ3v) is 11.5. The molecule has 2 saturated carbocycles. The van der Waals surface area contributed by atoms with Gasteiger partial charge in [-0.05, 0) is 54.6 Å². The maximum atomic E-state index is 13.7. The zero-order chi connectivity index (χ0) is 25.4. The number of aliphatic hydroxyl groups is 1. The quantitative estimate of drug-likeness (QED) is 0.314. The number of alkyl halides is 2. The van der Waals surface area contributed by atoms with Gasteiger partial charge in [-0.15, -0.1) is 23.2 Å². The lowest BCUT2D eigenvalue weighted by molar-refractivity contribution is -0.150. The molecule has 0 radical (unpaired) electrons. The number of aliphatic hydroxyl groups excluding tert-OH is 1. The van der Waals surface area contributed by atoms with Crippen molar-refractivity contribution in [2.75, 3.05) is 5.88 Å². The van der Waals surface area contributed by atoms with E-state index in [2.05, 4.69) is 13.0 Å². The summed E-state index contributed by atoms with van der Waals surface area (Å²) < 4.78 is 5.12. The number of hydrogen-bond acceptors (Lipinski definition) is 5. The monoisotopic (exact) mass is 518 g/mol. The topological polar surface area (TPSA) is 84.6 Å². The number of hydrogen-bond donors (Lipinski definition) is 1. The maximum Gasteiger partial charge on any atom is 0.167 e. The molecule has 188 valence electrons. The Kier molecular flexibility index (Phi) is 5.82. The van der Waals surface area contributed by atoms with Crippen LogP contribution >= 0.6 is 23.2 Å². The highest BCUT2D eigenvalue weighted by molar-refractivity contribution is 6.29. The van der Waals surface area contributed by atoms with Gasteiger partial charge in [-0.2, -0.15) is 0 Å². The number of allylic oxidation sites excluding steroid dienone is 4. The van der Waals surface area contributed by atoms with E-state index in [4.69, 9.17) is 27.6 Å². The van der Waals surface area contributed by atoms with Gasteiger partial charge in [-0.1, -0.05) is 38.5 Å². The van der Waals surface area contributed by atoms with Crippen LogP contribution in [0.5, 0.6) is 0 Å². The molecule has 4 aliphatic carbocycles. The number of carbonyl (C=O) groups is 3. The van der Waals surface area contributed by atoms with Crippen LogP contribution in [0.4, 0.5) is 0 Å². The second kappa shape index (κ2) is 8.16. The average Bonchev–Trinajstić information content (AvgIpc) is 3.42. The van der Waals surface area contributed by atoms with Gasteiger partial charge in [0.15, 0.2) is 17.3 Å². The minimum atomic E-state index is -1.02. The summed E-state index contributed by atoms with van der Waals surface area (Å²) in [4.78, 5) is 38.2. The van der Waals surface area contributed by atoms with Crippen molar-refractivity contribution in [3.63, 3.8) is 0 Å². The van der Waals surface area contributed by atoms with Crippen LogP contribution in [0, 0.1) is 34.0 Å². The molecule has 1 N–H and O–H groups in total. The van der Waals surface area contributed by atoms with Gasteiger partial charge in [-0.25, -0.2) is 0 Å². The molecule has 8 atom stereocenters. The van der Waals surface area contributed by atoms with E-state index in [0.29, 0.717) is 24.8 Å². The number of carbonyl (C=O) groups excluding carboxylic acids is 3. The van der Waals surface area contributed by atoms with Crippen LogP contribution in [-0.4, -0.2) is 39.3 Å².